The molecule has 0 radical (unpaired) electrons. The monoisotopic (exact) mass is 414 g/mol. The van der Waals surface area contributed by atoms with Crippen molar-refractivity contribution >= 4 is 17.2 Å². The highest BCUT2D eigenvalue weighted by Gasteiger charge is 2.26. The van der Waals surface area contributed by atoms with E-state index in [1.165, 1.54) is 12.8 Å². The molecule has 31 heavy (non-hydrogen) atoms. The van der Waals surface area contributed by atoms with Crippen molar-refractivity contribution in [3.05, 3.63) is 48.2 Å². The summed E-state index contributed by atoms with van der Waals surface area (Å²) in [5.74, 6) is 3.25. The van der Waals surface area contributed by atoms with E-state index in [9.17, 15) is 0 Å². The lowest BCUT2D eigenvalue weighted by Gasteiger charge is -2.09. The molecule has 0 aliphatic heterocycles. The second-order valence-electron chi connectivity index (χ2n) is 8.09. The molecule has 0 atom stereocenters. The van der Waals surface area contributed by atoms with Crippen LogP contribution in [0.3, 0.4) is 0 Å². The minimum Gasteiger partial charge on any atom is -0.331 e. The number of H-pyrrole nitrogens is 1. The van der Waals surface area contributed by atoms with E-state index in [0.29, 0.717) is 23.4 Å². The molecule has 5 aromatic rings. The standard InChI is InChI=1S/C21H22N10/c1-12-14(15-6-8-30(3)27-15)11-31-18(12)19(23-17-10-16(25-26-17)13-4-5-13)24-20(28-31)21-22-7-9-29(21)2/h6-11,13H,4-5H2,1-3H3,(H2,23,24,25,26,28). The van der Waals surface area contributed by atoms with Gasteiger partial charge in [-0.3, -0.25) is 9.78 Å². The molecule has 5 heterocycles. The number of hydrogen-bond acceptors (Lipinski definition) is 6. The van der Waals surface area contributed by atoms with Crippen molar-refractivity contribution < 1.29 is 0 Å². The van der Waals surface area contributed by atoms with Gasteiger partial charge in [-0.15, -0.1) is 5.10 Å². The fraction of sp³-hybridized carbons (Fsp3) is 0.286. The maximum atomic E-state index is 4.84. The van der Waals surface area contributed by atoms with Gasteiger partial charge in [-0.2, -0.15) is 10.2 Å². The summed E-state index contributed by atoms with van der Waals surface area (Å²) in [6.07, 6.45) is 9.98. The third-order valence-corrected chi connectivity index (χ3v) is 5.76. The highest BCUT2D eigenvalue weighted by molar-refractivity contribution is 5.84. The van der Waals surface area contributed by atoms with Crippen molar-refractivity contribution in [2.75, 3.05) is 5.32 Å². The Morgan fingerprint density at radius 3 is 2.74 bits per heavy atom. The van der Waals surface area contributed by atoms with Crippen molar-refractivity contribution in [3.63, 3.8) is 0 Å². The van der Waals surface area contributed by atoms with Gasteiger partial charge in [-0.05, 0) is 31.4 Å². The number of aryl methyl sites for hydroxylation is 3. The predicted octanol–water partition coefficient (Wildman–Crippen LogP) is 3.18. The van der Waals surface area contributed by atoms with Crippen LogP contribution >= 0.6 is 0 Å². The average Bonchev–Trinajstić information content (AvgIpc) is 3.08. The Hall–Kier alpha value is -3.95. The lowest BCUT2D eigenvalue weighted by atomic mass is 10.1. The molecule has 0 amide bonds. The zero-order valence-electron chi connectivity index (χ0n) is 17.5. The number of hydrogen-bond donors (Lipinski definition) is 2. The maximum Gasteiger partial charge on any atom is 0.218 e. The van der Waals surface area contributed by atoms with Crippen LogP contribution in [0, 0.1) is 6.92 Å². The van der Waals surface area contributed by atoms with Gasteiger partial charge in [-0.1, -0.05) is 0 Å². The minimum atomic E-state index is 0.531. The SMILES string of the molecule is Cc1c(-c2ccn(C)n2)cn2nc(-c3nccn3C)nc(Nc3cc(C4CC4)[nH]n3)c12. The van der Waals surface area contributed by atoms with E-state index >= 15 is 0 Å². The number of aromatic nitrogens is 9. The second-order valence-corrected chi connectivity index (χ2v) is 8.09. The summed E-state index contributed by atoms with van der Waals surface area (Å²) in [6.45, 7) is 2.06. The van der Waals surface area contributed by atoms with Crippen molar-refractivity contribution in [3.8, 4) is 22.9 Å². The van der Waals surface area contributed by atoms with Crippen LogP contribution in [-0.2, 0) is 14.1 Å². The molecule has 10 heteroatoms. The Morgan fingerprint density at radius 1 is 1.16 bits per heavy atom. The largest absolute Gasteiger partial charge is 0.331 e. The number of rotatable bonds is 5. The Labute approximate surface area is 178 Å². The van der Waals surface area contributed by atoms with Crippen LogP contribution in [0.25, 0.3) is 28.4 Å². The molecule has 2 N–H and O–H groups in total. The van der Waals surface area contributed by atoms with E-state index in [-0.39, 0.29) is 0 Å². The van der Waals surface area contributed by atoms with E-state index in [1.54, 1.807) is 10.9 Å². The molecule has 0 bridgehead atoms. The maximum absolute atomic E-state index is 4.84. The molecular formula is C21H22N10. The van der Waals surface area contributed by atoms with Gasteiger partial charge in [0.1, 0.15) is 5.52 Å². The Bertz CT molecular complexity index is 1410. The van der Waals surface area contributed by atoms with Crippen LogP contribution in [0.4, 0.5) is 11.6 Å². The summed E-state index contributed by atoms with van der Waals surface area (Å²) in [5, 5.41) is 20.3. The molecule has 0 aromatic carbocycles. The van der Waals surface area contributed by atoms with Gasteiger partial charge in [-0.25, -0.2) is 14.5 Å². The normalized spacial score (nSPS) is 13.9. The predicted molar refractivity (Wildman–Crippen MR) is 116 cm³/mol. The van der Waals surface area contributed by atoms with Crippen LogP contribution in [0.5, 0.6) is 0 Å². The van der Waals surface area contributed by atoms with Gasteiger partial charge in [0.25, 0.3) is 0 Å². The third-order valence-electron chi connectivity index (χ3n) is 5.76. The number of fused-ring (bicyclic) bond motifs is 1. The zero-order valence-corrected chi connectivity index (χ0v) is 17.5. The second kappa shape index (κ2) is 6.53. The number of aromatic amines is 1. The number of anilines is 2. The molecular weight excluding hydrogens is 392 g/mol. The summed E-state index contributed by atoms with van der Waals surface area (Å²) >= 11 is 0. The van der Waals surface area contributed by atoms with Crippen molar-refractivity contribution in [1.82, 2.24) is 44.1 Å². The first-order chi connectivity index (χ1) is 15.1. The number of imidazole rings is 1. The van der Waals surface area contributed by atoms with Crippen LogP contribution < -0.4 is 5.32 Å². The summed E-state index contributed by atoms with van der Waals surface area (Å²) < 4.78 is 5.55. The molecule has 0 spiro atoms. The number of nitrogens with one attached hydrogen (secondary N) is 2. The fourth-order valence-electron chi connectivity index (χ4n) is 3.94. The molecule has 0 unspecified atom stereocenters. The molecule has 1 fully saturated rings. The summed E-state index contributed by atoms with van der Waals surface area (Å²) in [5.41, 5.74) is 5.00. The van der Waals surface area contributed by atoms with E-state index in [4.69, 9.17) is 10.1 Å². The Kier molecular flexibility index (Phi) is 3.76. The Balaban J connectivity index is 1.52. The van der Waals surface area contributed by atoms with Crippen LogP contribution in [0.1, 0.15) is 30.0 Å². The van der Waals surface area contributed by atoms with E-state index in [2.05, 4.69) is 38.6 Å². The lowest BCUT2D eigenvalue weighted by molar-refractivity contribution is 0.770. The Morgan fingerprint density at radius 2 is 2.03 bits per heavy atom. The quantitative estimate of drug-likeness (QED) is 0.457. The van der Waals surface area contributed by atoms with Crippen molar-refractivity contribution in [2.45, 2.75) is 25.7 Å². The van der Waals surface area contributed by atoms with Crippen LogP contribution in [0.2, 0.25) is 0 Å². The van der Waals surface area contributed by atoms with Crippen LogP contribution in [-0.4, -0.2) is 44.1 Å². The van der Waals surface area contributed by atoms with Crippen molar-refractivity contribution in [1.29, 1.82) is 0 Å². The molecule has 1 aliphatic rings. The van der Waals surface area contributed by atoms with Gasteiger partial charge in [0.2, 0.25) is 5.82 Å². The molecule has 1 saturated carbocycles. The molecule has 156 valence electrons. The average molecular weight is 414 g/mol. The number of nitrogens with zero attached hydrogens (tertiary/aromatic N) is 8. The highest BCUT2D eigenvalue weighted by Crippen LogP contribution is 2.40. The molecule has 5 aromatic heterocycles. The molecule has 1 aliphatic carbocycles. The minimum absolute atomic E-state index is 0.531. The highest BCUT2D eigenvalue weighted by atomic mass is 15.3. The van der Waals surface area contributed by atoms with Gasteiger partial charge in [0, 0.05) is 62.1 Å². The van der Waals surface area contributed by atoms with Crippen molar-refractivity contribution in [2.24, 2.45) is 14.1 Å². The van der Waals surface area contributed by atoms with Gasteiger partial charge >= 0.3 is 0 Å². The first-order valence-corrected chi connectivity index (χ1v) is 10.3. The first-order valence-electron chi connectivity index (χ1n) is 10.3. The zero-order chi connectivity index (χ0) is 21.1. The van der Waals surface area contributed by atoms with E-state index < -0.39 is 0 Å². The molecule has 10 nitrogen and oxygen atoms in total. The fourth-order valence-corrected chi connectivity index (χ4v) is 3.94. The van der Waals surface area contributed by atoms with Gasteiger partial charge in [0.15, 0.2) is 17.5 Å². The summed E-state index contributed by atoms with van der Waals surface area (Å²) in [6, 6.07) is 4.06. The van der Waals surface area contributed by atoms with Gasteiger partial charge < -0.3 is 9.88 Å². The van der Waals surface area contributed by atoms with Crippen LogP contribution in [0.15, 0.2) is 36.9 Å². The molecule has 0 saturated heterocycles. The third kappa shape index (κ3) is 2.98. The lowest BCUT2D eigenvalue weighted by Crippen LogP contribution is -2.06. The smallest absolute Gasteiger partial charge is 0.218 e. The summed E-state index contributed by atoms with van der Waals surface area (Å²) in [7, 11) is 3.84. The van der Waals surface area contributed by atoms with Gasteiger partial charge in [0.05, 0.1) is 5.69 Å². The van der Waals surface area contributed by atoms with E-state index in [1.807, 2.05) is 47.8 Å². The van der Waals surface area contributed by atoms with E-state index in [0.717, 1.165) is 33.8 Å². The first kappa shape index (κ1) is 17.9. The summed E-state index contributed by atoms with van der Waals surface area (Å²) in [4.78, 5) is 9.26. The topological polar surface area (TPSA) is 107 Å². The molecule has 6 rings (SSSR count).